The molecule has 1 unspecified atom stereocenters. The van der Waals surface area contributed by atoms with Gasteiger partial charge >= 0.3 is 0 Å². The summed E-state index contributed by atoms with van der Waals surface area (Å²) in [4.78, 5) is 18.1. The summed E-state index contributed by atoms with van der Waals surface area (Å²) in [6.45, 7) is 1.60. The molecule has 8 heteroatoms. The summed E-state index contributed by atoms with van der Waals surface area (Å²) in [5.41, 5.74) is -0.0423. The number of nitrogens with one attached hydrogen (secondary N) is 1. The van der Waals surface area contributed by atoms with Gasteiger partial charge in [0.1, 0.15) is 15.5 Å². The van der Waals surface area contributed by atoms with Crippen LogP contribution in [0.2, 0.25) is 0 Å². The normalized spacial score (nSPS) is 13.6. The van der Waals surface area contributed by atoms with E-state index in [0.717, 1.165) is 6.26 Å². The van der Waals surface area contributed by atoms with Crippen molar-refractivity contribution in [2.75, 3.05) is 13.4 Å². The number of H-pyrrole nitrogens is 1. The number of halogens is 1. The predicted molar refractivity (Wildman–Crippen MR) is 66.5 cm³/mol. The zero-order valence-electron chi connectivity index (χ0n) is 9.65. The van der Waals surface area contributed by atoms with E-state index in [1.165, 1.54) is 14.0 Å². The molecule has 0 spiro atoms. The molecular formula is C9H13BrN2O4S. The number of methoxy groups -OCH3 is 1. The van der Waals surface area contributed by atoms with Crippen molar-refractivity contribution in [2.45, 2.75) is 18.8 Å². The molecule has 1 heterocycles. The molecule has 1 aromatic heterocycles. The molecule has 0 aromatic carbocycles. The summed E-state index contributed by atoms with van der Waals surface area (Å²) in [7, 11) is -1.84. The Morgan fingerprint density at radius 1 is 1.53 bits per heavy atom. The van der Waals surface area contributed by atoms with Crippen LogP contribution in [-0.2, 0) is 21.2 Å². The lowest BCUT2D eigenvalue weighted by atomic mass is 10.3. The molecule has 6 nitrogen and oxygen atoms in total. The first-order valence-corrected chi connectivity index (χ1v) is 7.48. The van der Waals surface area contributed by atoms with Gasteiger partial charge in [-0.2, -0.15) is 0 Å². The van der Waals surface area contributed by atoms with Crippen LogP contribution in [0, 0.1) is 0 Å². The molecule has 0 fully saturated rings. The molecule has 0 saturated heterocycles. The molecule has 0 amide bonds. The van der Waals surface area contributed by atoms with E-state index >= 15 is 0 Å². The van der Waals surface area contributed by atoms with Gasteiger partial charge in [0, 0.05) is 13.4 Å². The average molecular weight is 325 g/mol. The Kier molecular flexibility index (Phi) is 4.45. The van der Waals surface area contributed by atoms with Crippen molar-refractivity contribution >= 4 is 25.8 Å². The second kappa shape index (κ2) is 5.28. The van der Waals surface area contributed by atoms with Crippen LogP contribution in [0.4, 0.5) is 0 Å². The molecule has 0 bridgehead atoms. The second-order valence-electron chi connectivity index (χ2n) is 3.62. The van der Waals surface area contributed by atoms with Gasteiger partial charge in [0.2, 0.25) is 0 Å². The first-order chi connectivity index (χ1) is 7.77. The molecule has 1 aromatic rings. The maximum atomic E-state index is 11.6. The lowest BCUT2D eigenvalue weighted by Crippen LogP contribution is -2.20. The molecule has 0 radical (unpaired) electrons. The summed E-state index contributed by atoms with van der Waals surface area (Å²) >= 11 is 3.08. The molecule has 1 rings (SSSR count). The van der Waals surface area contributed by atoms with Gasteiger partial charge in [-0.1, -0.05) is 0 Å². The number of nitrogens with zero attached hydrogens (tertiary/aromatic N) is 1. The minimum absolute atomic E-state index is 0.118. The van der Waals surface area contributed by atoms with Gasteiger partial charge in [0.05, 0.1) is 12.3 Å². The van der Waals surface area contributed by atoms with Crippen LogP contribution in [0.15, 0.2) is 9.27 Å². The maximum Gasteiger partial charge on any atom is 0.265 e. The summed E-state index contributed by atoms with van der Waals surface area (Å²) < 4.78 is 27.9. The van der Waals surface area contributed by atoms with Crippen molar-refractivity contribution in [3.05, 3.63) is 26.3 Å². The summed E-state index contributed by atoms with van der Waals surface area (Å²) in [6, 6.07) is 0. The fraction of sp³-hybridized carbons (Fsp3) is 0.556. The number of aromatic amines is 1. The van der Waals surface area contributed by atoms with E-state index in [0.29, 0.717) is 5.69 Å². The van der Waals surface area contributed by atoms with Crippen LogP contribution in [0.3, 0.4) is 0 Å². The molecule has 0 aliphatic heterocycles. The zero-order valence-corrected chi connectivity index (χ0v) is 12.1. The highest BCUT2D eigenvalue weighted by Gasteiger charge is 2.21. The van der Waals surface area contributed by atoms with Gasteiger partial charge < -0.3 is 9.72 Å². The molecular weight excluding hydrogens is 312 g/mol. The van der Waals surface area contributed by atoms with E-state index in [-0.39, 0.29) is 16.9 Å². The third-order valence-electron chi connectivity index (χ3n) is 2.26. The smallest absolute Gasteiger partial charge is 0.265 e. The Morgan fingerprint density at radius 3 is 2.59 bits per heavy atom. The van der Waals surface area contributed by atoms with Crippen molar-refractivity contribution in [1.82, 2.24) is 9.97 Å². The number of sulfone groups is 1. The van der Waals surface area contributed by atoms with Crippen LogP contribution in [0.1, 0.15) is 23.7 Å². The summed E-state index contributed by atoms with van der Waals surface area (Å²) in [5.74, 6) is 0.118. The SMILES string of the molecule is COCc1nc(C(C)S(C)(=O)=O)[nH]c(=O)c1Br. The van der Waals surface area contributed by atoms with Crippen LogP contribution in [0.5, 0.6) is 0 Å². The summed E-state index contributed by atoms with van der Waals surface area (Å²) in [5, 5.41) is -0.862. The van der Waals surface area contributed by atoms with Gasteiger partial charge in [-0.05, 0) is 22.9 Å². The number of hydrogen-bond acceptors (Lipinski definition) is 5. The van der Waals surface area contributed by atoms with E-state index in [4.69, 9.17) is 4.74 Å². The van der Waals surface area contributed by atoms with Crippen LogP contribution < -0.4 is 5.56 Å². The summed E-state index contributed by atoms with van der Waals surface area (Å²) in [6.07, 6.45) is 1.09. The average Bonchev–Trinajstić information content (AvgIpc) is 2.22. The zero-order chi connectivity index (χ0) is 13.2. The lowest BCUT2D eigenvalue weighted by Gasteiger charge is -2.10. The Bertz CT molecular complexity index is 567. The molecule has 0 saturated carbocycles. The fourth-order valence-corrected chi connectivity index (χ4v) is 1.97. The third-order valence-corrected chi connectivity index (χ3v) is 4.58. The van der Waals surface area contributed by atoms with E-state index in [2.05, 4.69) is 25.9 Å². The highest BCUT2D eigenvalue weighted by atomic mass is 79.9. The molecule has 1 N–H and O–H groups in total. The van der Waals surface area contributed by atoms with E-state index in [1.54, 1.807) is 0 Å². The first kappa shape index (κ1) is 14.3. The first-order valence-electron chi connectivity index (χ1n) is 4.73. The van der Waals surface area contributed by atoms with Crippen molar-refractivity contribution in [2.24, 2.45) is 0 Å². The Labute approximate surface area is 107 Å². The molecule has 17 heavy (non-hydrogen) atoms. The Morgan fingerprint density at radius 2 is 2.12 bits per heavy atom. The van der Waals surface area contributed by atoms with E-state index in [1.807, 2.05) is 0 Å². The van der Waals surface area contributed by atoms with Crippen LogP contribution >= 0.6 is 15.9 Å². The maximum absolute atomic E-state index is 11.6. The van der Waals surface area contributed by atoms with Gasteiger partial charge in [-0.25, -0.2) is 13.4 Å². The molecule has 0 aliphatic rings. The fourth-order valence-electron chi connectivity index (χ4n) is 1.15. The minimum Gasteiger partial charge on any atom is -0.378 e. The molecule has 96 valence electrons. The minimum atomic E-state index is -3.31. The van der Waals surface area contributed by atoms with Crippen molar-refractivity contribution < 1.29 is 13.2 Å². The lowest BCUT2D eigenvalue weighted by molar-refractivity contribution is 0.180. The third kappa shape index (κ3) is 3.36. The highest BCUT2D eigenvalue weighted by molar-refractivity contribution is 9.10. The van der Waals surface area contributed by atoms with Crippen LogP contribution in [-0.4, -0.2) is 31.8 Å². The number of ether oxygens (including phenoxy) is 1. The predicted octanol–water partition coefficient (Wildman–Crippen LogP) is 0.784. The monoisotopic (exact) mass is 324 g/mol. The van der Waals surface area contributed by atoms with Gasteiger partial charge in [-0.15, -0.1) is 0 Å². The highest BCUT2D eigenvalue weighted by Crippen LogP contribution is 2.18. The Balaban J connectivity index is 3.33. The second-order valence-corrected chi connectivity index (χ2v) is 6.78. The van der Waals surface area contributed by atoms with Crippen molar-refractivity contribution in [3.63, 3.8) is 0 Å². The van der Waals surface area contributed by atoms with Crippen molar-refractivity contribution in [1.29, 1.82) is 0 Å². The largest absolute Gasteiger partial charge is 0.378 e. The number of rotatable bonds is 4. The molecule has 1 atom stereocenters. The molecule has 0 aliphatic carbocycles. The van der Waals surface area contributed by atoms with E-state index in [9.17, 15) is 13.2 Å². The standard InChI is InChI=1S/C9H13BrN2O4S/c1-5(17(3,14)15)8-11-6(4-16-2)7(10)9(13)12-8/h5H,4H2,1-3H3,(H,11,12,13). The number of aromatic nitrogens is 2. The topological polar surface area (TPSA) is 89.1 Å². The number of hydrogen-bond donors (Lipinski definition) is 1. The van der Waals surface area contributed by atoms with E-state index < -0.39 is 20.6 Å². The van der Waals surface area contributed by atoms with Crippen molar-refractivity contribution in [3.8, 4) is 0 Å². The quantitative estimate of drug-likeness (QED) is 0.884. The van der Waals surface area contributed by atoms with Crippen LogP contribution in [0.25, 0.3) is 0 Å². The Hall–Kier alpha value is -0.730. The van der Waals surface area contributed by atoms with Gasteiger partial charge in [0.25, 0.3) is 5.56 Å². The van der Waals surface area contributed by atoms with Gasteiger partial charge in [-0.3, -0.25) is 4.79 Å². The van der Waals surface area contributed by atoms with Gasteiger partial charge in [0.15, 0.2) is 9.84 Å².